The third-order valence-electron chi connectivity index (χ3n) is 2.55. The first-order valence-electron chi connectivity index (χ1n) is 5.40. The minimum atomic E-state index is -2.48. The summed E-state index contributed by atoms with van der Waals surface area (Å²) in [5.74, 6) is -0.130. The van der Waals surface area contributed by atoms with Crippen molar-refractivity contribution in [3.8, 4) is 0 Å². The van der Waals surface area contributed by atoms with Crippen molar-refractivity contribution >= 4 is 16.7 Å². The van der Waals surface area contributed by atoms with Crippen LogP contribution in [0.4, 0.5) is 8.78 Å². The van der Waals surface area contributed by atoms with E-state index in [1.165, 1.54) is 4.68 Å². The summed E-state index contributed by atoms with van der Waals surface area (Å²) in [5, 5.41) is 4.63. The van der Waals surface area contributed by atoms with Crippen LogP contribution < -0.4 is 0 Å². The van der Waals surface area contributed by atoms with Gasteiger partial charge >= 0.3 is 0 Å². The van der Waals surface area contributed by atoms with Gasteiger partial charge < -0.3 is 0 Å². The van der Waals surface area contributed by atoms with Crippen molar-refractivity contribution in [2.24, 2.45) is 0 Å². The Kier molecular flexibility index (Phi) is 3.17. The number of benzene rings is 1. The van der Waals surface area contributed by atoms with Gasteiger partial charge in [0.15, 0.2) is 5.78 Å². The van der Waals surface area contributed by atoms with Crippen molar-refractivity contribution in [3.63, 3.8) is 0 Å². The summed E-state index contributed by atoms with van der Waals surface area (Å²) in [7, 11) is 0. The number of Topliss-reactive ketones (excluding diaryl/α,β-unsaturated/α-hetero) is 1. The molecule has 0 fully saturated rings. The fourth-order valence-electron chi connectivity index (χ4n) is 1.77. The standard InChI is InChI=1S/C12H12F2N2O/c1-2-10(17)12-8-5-3-4-6-9(8)16(15-12)7-11(13)14/h3-6,11H,2,7H2,1H3. The maximum Gasteiger partial charge on any atom is 0.257 e. The first-order valence-corrected chi connectivity index (χ1v) is 5.40. The minimum absolute atomic E-state index is 0.130. The Morgan fingerprint density at radius 3 is 2.76 bits per heavy atom. The number of fused-ring (bicyclic) bond motifs is 1. The average molecular weight is 238 g/mol. The molecule has 2 rings (SSSR count). The number of halogens is 2. The highest BCUT2D eigenvalue weighted by molar-refractivity contribution is 6.05. The summed E-state index contributed by atoms with van der Waals surface area (Å²) in [6.07, 6.45) is -2.17. The molecule has 0 amide bonds. The van der Waals surface area contributed by atoms with E-state index in [1.807, 2.05) is 0 Å². The molecule has 2 aromatic rings. The molecule has 1 heterocycles. The predicted octanol–water partition coefficient (Wildman–Crippen LogP) is 2.89. The molecule has 0 bridgehead atoms. The van der Waals surface area contributed by atoms with Gasteiger partial charge in [0, 0.05) is 11.8 Å². The highest BCUT2D eigenvalue weighted by atomic mass is 19.3. The van der Waals surface area contributed by atoms with Crippen molar-refractivity contribution in [2.45, 2.75) is 26.3 Å². The van der Waals surface area contributed by atoms with Crippen LogP contribution >= 0.6 is 0 Å². The summed E-state index contributed by atoms with van der Waals surface area (Å²) in [5.41, 5.74) is 0.855. The number of carbonyl (C=O) groups is 1. The zero-order valence-corrected chi connectivity index (χ0v) is 9.36. The molecule has 5 heteroatoms. The molecule has 0 aliphatic heterocycles. The fraction of sp³-hybridized carbons (Fsp3) is 0.333. The van der Waals surface area contributed by atoms with Gasteiger partial charge in [-0.2, -0.15) is 5.10 Å². The van der Waals surface area contributed by atoms with E-state index in [4.69, 9.17) is 0 Å². The second kappa shape index (κ2) is 4.61. The summed E-state index contributed by atoms with van der Waals surface area (Å²) < 4.78 is 26.0. The number of nitrogens with zero attached hydrogens (tertiary/aromatic N) is 2. The summed E-state index contributed by atoms with van der Waals surface area (Å²) in [4.78, 5) is 11.7. The van der Waals surface area contributed by atoms with Crippen LogP contribution in [0.3, 0.4) is 0 Å². The van der Waals surface area contributed by atoms with E-state index < -0.39 is 13.0 Å². The highest BCUT2D eigenvalue weighted by Crippen LogP contribution is 2.20. The SMILES string of the molecule is CCC(=O)c1nn(CC(F)F)c2ccccc12. The van der Waals surface area contributed by atoms with E-state index in [2.05, 4.69) is 5.10 Å². The van der Waals surface area contributed by atoms with Crippen LogP contribution in [0.2, 0.25) is 0 Å². The zero-order chi connectivity index (χ0) is 12.4. The summed E-state index contributed by atoms with van der Waals surface area (Å²) >= 11 is 0. The van der Waals surface area contributed by atoms with Gasteiger partial charge in [-0.15, -0.1) is 0 Å². The molecule has 0 N–H and O–H groups in total. The largest absolute Gasteiger partial charge is 0.292 e. The average Bonchev–Trinajstić information content (AvgIpc) is 2.67. The molecule has 0 atom stereocenters. The van der Waals surface area contributed by atoms with Gasteiger partial charge in [-0.1, -0.05) is 25.1 Å². The predicted molar refractivity (Wildman–Crippen MR) is 60.4 cm³/mol. The Labute approximate surface area is 97.0 Å². The molecule has 0 saturated heterocycles. The van der Waals surface area contributed by atoms with Gasteiger partial charge in [-0.25, -0.2) is 8.78 Å². The van der Waals surface area contributed by atoms with E-state index in [9.17, 15) is 13.6 Å². The topological polar surface area (TPSA) is 34.9 Å². The van der Waals surface area contributed by atoms with Crippen LogP contribution in [0.15, 0.2) is 24.3 Å². The molecule has 1 aromatic carbocycles. The van der Waals surface area contributed by atoms with Crippen molar-refractivity contribution in [2.75, 3.05) is 0 Å². The fourth-order valence-corrected chi connectivity index (χ4v) is 1.77. The lowest BCUT2D eigenvalue weighted by molar-refractivity contribution is 0.0978. The van der Waals surface area contributed by atoms with Crippen molar-refractivity contribution in [1.82, 2.24) is 9.78 Å². The first-order chi connectivity index (χ1) is 8.13. The van der Waals surface area contributed by atoms with Gasteiger partial charge in [0.25, 0.3) is 6.43 Å². The molecule has 1 aromatic heterocycles. The smallest absolute Gasteiger partial charge is 0.257 e. The Bertz CT molecular complexity index is 548. The van der Waals surface area contributed by atoms with Gasteiger partial charge in [-0.05, 0) is 6.07 Å². The van der Waals surface area contributed by atoms with Crippen LogP contribution in [0, 0.1) is 0 Å². The van der Waals surface area contributed by atoms with Gasteiger partial charge in [-0.3, -0.25) is 9.48 Å². The second-order valence-electron chi connectivity index (χ2n) is 3.72. The van der Waals surface area contributed by atoms with Crippen LogP contribution in [-0.2, 0) is 6.54 Å². The molecule has 17 heavy (non-hydrogen) atoms. The monoisotopic (exact) mass is 238 g/mol. The van der Waals surface area contributed by atoms with E-state index >= 15 is 0 Å². The van der Waals surface area contributed by atoms with Crippen LogP contribution in [0.5, 0.6) is 0 Å². The van der Waals surface area contributed by atoms with E-state index in [1.54, 1.807) is 31.2 Å². The number of carbonyl (C=O) groups excluding carboxylic acids is 1. The Morgan fingerprint density at radius 2 is 2.12 bits per heavy atom. The van der Waals surface area contributed by atoms with E-state index in [0.29, 0.717) is 17.3 Å². The first kappa shape index (κ1) is 11.7. The molecule has 0 unspecified atom stereocenters. The highest BCUT2D eigenvalue weighted by Gasteiger charge is 2.17. The lowest BCUT2D eigenvalue weighted by Crippen LogP contribution is -2.09. The molecule has 3 nitrogen and oxygen atoms in total. The number of ketones is 1. The molecular weight excluding hydrogens is 226 g/mol. The normalized spacial score (nSPS) is 11.3. The molecule has 0 saturated carbocycles. The quantitative estimate of drug-likeness (QED) is 0.767. The number of aromatic nitrogens is 2. The molecule has 0 radical (unpaired) electrons. The third-order valence-corrected chi connectivity index (χ3v) is 2.55. The maximum atomic E-state index is 12.4. The lowest BCUT2D eigenvalue weighted by atomic mass is 10.1. The number of hydrogen-bond acceptors (Lipinski definition) is 2. The second-order valence-corrected chi connectivity index (χ2v) is 3.72. The van der Waals surface area contributed by atoms with Crippen molar-refractivity contribution in [1.29, 1.82) is 0 Å². The van der Waals surface area contributed by atoms with Crippen LogP contribution in [0.1, 0.15) is 23.8 Å². The molecule has 90 valence electrons. The van der Waals surface area contributed by atoms with Crippen molar-refractivity contribution < 1.29 is 13.6 Å². The number of rotatable bonds is 4. The van der Waals surface area contributed by atoms with E-state index in [-0.39, 0.29) is 11.5 Å². The summed E-state index contributed by atoms with van der Waals surface area (Å²) in [6, 6.07) is 6.93. The van der Waals surface area contributed by atoms with Crippen molar-refractivity contribution in [3.05, 3.63) is 30.0 Å². The lowest BCUT2D eigenvalue weighted by Gasteiger charge is -2.00. The molecule has 0 aliphatic carbocycles. The van der Waals surface area contributed by atoms with Gasteiger partial charge in [0.05, 0.1) is 5.52 Å². The Hall–Kier alpha value is -1.78. The van der Waals surface area contributed by atoms with Crippen LogP contribution in [-0.4, -0.2) is 22.0 Å². The zero-order valence-electron chi connectivity index (χ0n) is 9.36. The molecule has 0 aliphatic rings. The third kappa shape index (κ3) is 2.18. The van der Waals surface area contributed by atoms with Gasteiger partial charge in [0.1, 0.15) is 12.2 Å². The Balaban J connectivity index is 2.58. The Morgan fingerprint density at radius 1 is 1.41 bits per heavy atom. The maximum absolute atomic E-state index is 12.4. The number of hydrogen-bond donors (Lipinski definition) is 0. The number of alkyl halides is 2. The minimum Gasteiger partial charge on any atom is -0.292 e. The van der Waals surface area contributed by atoms with Crippen LogP contribution in [0.25, 0.3) is 10.9 Å². The number of para-hydroxylation sites is 1. The molecular formula is C12H12F2N2O. The summed E-state index contributed by atoms with van der Waals surface area (Å²) in [6.45, 7) is 1.24. The van der Waals surface area contributed by atoms with Gasteiger partial charge in [0.2, 0.25) is 0 Å². The molecule has 0 spiro atoms. The van der Waals surface area contributed by atoms with E-state index in [0.717, 1.165) is 0 Å².